The van der Waals surface area contributed by atoms with Gasteiger partial charge in [-0.3, -0.25) is 4.79 Å². The van der Waals surface area contributed by atoms with E-state index in [1.807, 2.05) is 44.2 Å². The van der Waals surface area contributed by atoms with E-state index in [0.29, 0.717) is 0 Å². The molecule has 0 bridgehead atoms. The lowest BCUT2D eigenvalue weighted by atomic mass is 10.1. The molecule has 6 heteroatoms. The molecule has 1 saturated heterocycles. The molecule has 0 spiro atoms. The standard InChI is InChI=1S/C19H25N3O2.ClH/c1-13-12-18(19(23)21-15-8-10-20-11-9-15)14(2)22(13)16-4-6-17(24-3)7-5-16;/h4-7,12,15,20H,8-11H2,1-3H3,(H,21,23);1H. The van der Waals surface area contributed by atoms with Gasteiger partial charge < -0.3 is 19.9 Å². The molecular weight excluding hydrogens is 338 g/mol. The predicted octanol–water partition coefficient (Wildman–Crippen LogP) is 3.01. The van der Waals surface area contributed by atoms with Crippen molar-refractivity contribution in [3.05, 3.63) is 47.3 Å². The number of halogens is 1. The minimum absolute atomic E-state index is 0. The summed E-state index contributed by atoms with van der Waals surface area (Å²) in [7, 11) is 1.66. The SMILES string of the molecule is COc1ccc(-n2c(C)cc(C(=O)NC3CCNCC3)c2C)cc1.Cl. The molecule has 136 valence electrons. The van der Waals surface area contributed by atoms with Crippen LogP contribution in [-0.2, 0) is 0 Å². The molecule has 1 amide bonds. The van der Waals surface area contributed by atoms with Crippen LogP contribution in [0, 0.1) is 13.8 Å². The highest BCUT2D eigenvalue weighted by Gasteiger charge is 2.20. The first-order valence-corrected chi connectivity index (χ1v) is 8.45. The number of benzene rings is 1. The summed E-state index contributed by atoms with van der Waals surface area (Å²) >= 11 is 0. The van der Waals surface area contributed by atoms with Crippen molar-refractivity contribution in [3.8, 4) is 11.4 Å². The summed E-state index contributed by atoms with van der Waals surface area (Å²) < 4.78 is 7.32. The molecule has 1 fully saturated rings. The summed E-state index contributed by atoms with van der Waals surface area (Å²) in [5, 5.41) is 6.49. The molecule has 1 aromatic heterocycles. The zero-order valence-electron chi connectivity index (χ0n) is 15.0. The maximum atomic E-state index is 12.7. The predicted molar refractivity (Wildman–Crippen MR) is 102 cm³/mol. The molecule has 2 aromatic rings. The van der Waals surface area contributed by atoms with Gasteiger partial charge in [0.05, 0.1) is 12.7 Å². The number of nitrogens with zero attached hydrogens (tertiary/aromatic N) is 1. The highest BCUT2D eigenvalue weighted by Crippen LogP contribution is 2.23. The van der Waals surface area contributed by atoms with Crippen LogP contribution < -0.4 is 15.4 Å². The second-order valence-corrected chi connectivity index (χ2v) is 6.32. The Hall–Kier alpha value is -1.98. The van der Waals surface area contributed by atoms with E-state index in [-0.39, 0.29) is 24.4 Å². The maximum Gasteiger partial charge on any atom is 0.253 e. The molecular formula is C19H26ClN3O2. The van der Waals surface area contributed by atoms with Gasteiger partial charge in [-0.15, -0.1) is 12.4 Å². The highest BCUT2D eigenvalue weighted by molar-refractivity contribution is 5.96. The monoisotopic (exact) mass is 363 g/mol. The molecule has 1 aromatic carbocycles. The van der Waals surface area contributed by atoms with Crippen LogP contribution >= 0.6 is 12.4 Å². The zero-order chi connectivity index (χ0) is 17.1. The van der Waals surface area contributed by atoms with E-state index in [2.05, 4.69) is 15.2 Å². The first kappa shape index (κ1) is 19.3. The Morgan fingerprint density at radius 2 is 1.84 bits per heavy atom. The van der Waals surface area contributed by atoms with Gasteiger partial charge in [0.25, 0.3) is 5.91 Å². The Balaban J connectivity index is 0.00000225. The van der Waals surface area contributed by atoms with E-state index >= 15 is 0 Å². The fourth-order valence-electron chi connectivity index (χ4n) is 3.35. The molecule has 0 unspecified atom stereocenters. The molecule has 2 heterocycles. The van der Waals surface area contributed by atoms with Gasteiger partial charge in [0.15, 0.2) is 0 Å². The van der Waals surface area contributed by atoms with Gasteiger partial charge in [0.2, 0.25) is 0 Å². The Morgan fingerprint density at radius 3 is 2.44 bits per heavy atom. The smallest absolute Gasteiger partial charge is 0.253 e. The van der Waals surface area contributed by atoms with Crippen LogP contribution in [0.3, 0.4) is 0 Å². The van der Waals surface area contributed by atoms with Crippen molar-refractivity contribution in [1.82, 2.24) is 15.2 Å². The largest absolute Gasteiger partial charge is 0.497 e. The minimum Gasteiger partial charge on any atom is -0.497 e. The highest BCUT2D eigenvalue weighted by atomic mass is 35.5. The first-order chi connectivity index (χ1) is 11.6. The Bertz CT molecular complexity index is 719. The molecule has 5 nitrogen and oxygen atoms in total. The van der Waals surface area contributed by atoms with E-state index in [4.69, 9.17) is 4.74 Å². The third kappa shape index (κ3) is 4.17. The van der Waals surface area contributed by atoms with Crippen LogP contribution in [0.2, 0.25) is 0 Å². The van der Waals surface area contributed by atoms with Crippen molar-refractivity contribution in [2.24, 2.45) is 0 Å². The number of carbonyl (C=O) groups excluding carboxylic acids is 1. The van der Waals surface area contributed by atoms with Crippen molar-refractivity contribution >= 4 is 18.3 Å². The summed E-state index contributed by atoms with van der Waals surface area (Å²) in [6.07, 6.45) is 1.98. The second kappa shape index (κ2) is 8.41. The van der Waals surface area contributed by atoms with Gasteiger partial charge in [0.1, 0.15) is 5.75 Å². The number of aromatic nitrogens is 1. The van der Waals surface area contributed by atoms with Crippen molar-refractivity contribution < 1.29 is 9.53 Å². The number of rotatable bonds is 4. The van der Waals surface area contributed by atoms with Crippen LogP contribution in [0.25, 0.3) is 5.69 Å². The minimum atomic E-state index is 0. The molecule has 0 aliphatic carbocycles. The van der Waals surface area contributed by atoms with Crippen molar-refractivity contribution in [1.29, 1.82) is 0 Å². The fraction of sp³-hybridized carbons (Fsp3) is 0.421. The summed E-state index contributed by atoms with van der Waals surface area (Å²) in [6.45, 7) is 5.96. The van der Waals surface area contributed by atoms with Gasteiger partial charge >= 0.3 is 0 Å². The number of hydrogen-bond donors (Lipinski definition) is 2. The van der Waals surface area contributed by atoms with Crippen molar-refractivity contribution in [3.63, 3.8) is 0 Å². The van der Waals surface area contributed by atoms with E-state index < -0.39 is 0 Å². The number of piperidine rings is 1. The molecule has 0 radical (unpaired) electrons. The normalized spacial score (nSPS) is 14.7. The van der Waals surface area contributed by atoms with E-state index in [1.54, 1.807) is 7.11 Å². The summed E-state index contributed by atoms with van der Waals surface area (Å²) in [5.41, 5.74) is 3.80. The third-order valence-corrected chi connectivity index (χ3v) is 4.68. The molecule has 2 N–H and O–H groups in total. The molecule has 0 saturated carbocycles. The lowest BCUT2D eigenvalue weighted by Crippen LogP contribution is -2.42. The van der Waals surface area contributed by atoms with Gasteiger partial charge in [-0.05, 0) is 70.1 Å². The summed E-state index contributed by atoms with van der Waals surface area (Å²) in [6, 6.07) is 10.1. The lowest BCUT2D eigenvalue weighted by molar-refractivity contribution is 0.0929. The number of carbonyl (C=O) groups is 1. The van der Waals surface area contributed by atoms with Crippen molar-refractivity contribution in [2.45, 2.75) is 32.7 Å². The topological polar surface area (TPSA) is 55.3 Å². The van der Waals surface area contributed by atoms with Crippen LogP contribution in [0.15, 0.2) is 30.3 Å². The number of nitrogens with one attached hydrogen (secondary N) is 2. The van der Waals surface area contributed by atoms with Crippen LogP contribution in [0.4, 0.5) is 0 Å². The quantitative estimate of drug-likeness (QED) is 0.878. The lowest BCUT2D eigenvalue weighted by Gasteiger charge is -2.23. The Kier molecular flexibility index (Phi) is 6.51. The van der Waals surface area contributed by atoms with E-state index in [1.165, 1.54) is 0 Å². The van der Waals surface area contributed by atoms with Crippen LogP contribution in [0.1, 0.15) is 34.6 Å². The number of amides is 1. The maximum absolute atomic E-state index is 12.7. The fourth-order valence-corrected chi connectivity index (χ4v) is 3.35. The average Bonchev–Trinajstić information content (AvgIpc) is 2.90. The number of aryl methyl sites for hydroxylation is 1. The first-order valence-electron chi connectivity index (χ1n) is 8.45. The van der Waals surface area contributed by atoms with Gasteiger partial charge in [-0.2, -0.15) is 0 Å². The number of ether oxygens (including phenoxy) is 1. The average molecular weight is 364 g/mol. The molecule has 0 atom stereocenters. The van der Waals surface area contributed by atoms with Crippen LogP contribution in [-0.4, -0.2) is 36.7 Å². The Labute approximate surface area is 155 Å². The molecule has 3 rings (SSSR count). The zero-order valence-corrected chi connectivity index (χ0v) is 15.8. The number of hydrogen-bond acceptors (Lipinski definition) is 3. The third-order valence-electron chi connectivity index (χ3n) is 4.68. The summed E-state index contributed by atoms with van der Waals surface area (Å²) in [4.78, 5) is 12.7. The van der Waals surface area contributed by atoms with E-state index in [9.17, 15) is 4.79 Å². The molecule has 1 aliphatic rings. The Morgan fingerprint density at radius 1 is 1.20 bits per heavy atom. The van der Waals surface area contributed by atoms with Crippen LogP contribution in [0.5, 0.6) is 5.75 Å². The summed E-state index contributed by atoms with van der Waals surface area (Å²) in [5.74, 6) is 0.847. The van der Waals surface area contributed by atoms with Gasteiger partial charge in [-0.25, -0.2) is 0 Å². The van der Waals surface area contributed by atoms with E-state index in [0.717, 1.165) is 54.3 Å². The van der Waals surface area contributed by atoms with Gasteiger partial charge in [-0.1, -0.05) is 0 Å². The molecule has 25 heavy (non-hydrogen) atoms. The number of methoxy groups -OCH3 is 1. The van der Waals surface area contributed by atoms with Gasteiger partial charge in [0, 0.05) is 23.1 Å². The molecule has 1 aliphatic heterocycles. The second-order valence-electron chi connectivity index (χ2n) is 6.32. The van der Waals surface area contributed by atoms with Crippen molar-refractivity contribution in [2.75, 3.05) is 20.2 Å².